The highest BCUT2D eigenvalue weighted by atomic mass is 15.2. The number of piperazine rings is 1. The highest BCUT2D eigenvalue weighted by Crippen LogP contribution is 2.39. The van der Waals surface area contributed by atoms with Crippen molar-refractivity contribution in [2.45, 2.75) is 26.8 Å². The molecule has 0 saturated carbocycles. The van der Waals surface area contributed by atoms with Crippen LogP contribution in [0.3, 0.4) is 0 Å². The summed E-state index contributed by atoms with van der Waals surface area (Å²) in [5.74, 6) is 0. The second-order valence-corrected chi connectivity index (χ2v) is 7.55. The van der Waals surface area contributed by atoms with E-state index in [9.17, 15) is 0 Å². The molecule has 1 heterocycles. The first-order chi connectivity index (χ1) is 11.1. The Labute approximate surface area is 140 Å². The molecule has 2 aromatic carbocycles. The van der Waals surface area contributed by atoms with Crippen LogP contribution in [-0.2, 0) is 0 Å². The quantitative estimate of drug-likeness (QED) is 0.907. The molecule has 2 nitrogen and oxygen atoms in total. The fourth-order valence-electron chi connectivity index (χ4n) is 3.72. The number of benzene rings is 2. The Morgan fingerprint density at radius 1 is 0.870 bits per heavy atom. The Morgan fingerprint density at radius 2 is 1.52 bits per heavy atom. The van der Waals surface area contributed by atoms with Gasteiger partial charge in [0.05, 0.1) is 0 Å². The third-order valence-corrected chi connectivity index (χ3v) is 4.65. The van der Waals surface area contributed by atoms with Gasteiger partial charge in [0.2, 0.25) is 0 Å². The Hall–Kier alpha value is -1.64. The summed E-state index contributed by atoms with van der Waals surface area (Å²) in [5.41, 5.74) is 4.25. The zero-order valence-corrected chi connectivity index (χ0v) is 14.5. The van der Waals surface area contributed by atoms with Gasteiger partial charge in [0.25, 0.3) is 0 Å². The van der Waals surface area contributed by atoms with E-state index < -0.39 is 0 Å². The van der Waals surface area contributed by atoms with E-state index in [2.05, 4.69) is 85.6 Å². The summed E-state index contributed by atoms with van der Waals surface area (Å²) in [6, 6.07) is 20.2. The molecular weight excluding hydrogens is 280 g/mol. The Balaban J connectivity index is 1.96. The maximum atomic E-state index is 3.47. The van der Waals surface area contributed by atoms with Crippen molar-refractivity contribution in [3.8, 4) is 11.1 Å². The molecule has 1 N–H and O–H groups in total. The van der Waals surface area contributed by atoms with Gasteiger partial charge < -0.3 is 5.32 Å². The molecule has 2 aromatic rings. The first-order valence-corrected chi connectivity index (χ1v) is 8.66. The number of rotatable bonds is 3. The summed E-state index contributed by atoms with van der Waals surface area (Å²) >= 11 is 0. The second kappa shape index (κ2) is 6.86. The minimum atomic E-state index is 0.215. The molecule has 0 amide bonds. The molecule has 23 heavy (non-hydrogen) atoms. The highest BCUT2D eigenvalue weighted by molar-refractivity contribution is 5.64. The van der Waals surface area contributed by atoms with Gasteiger partial charge in [-0.15, -0.1) is 0 Å². The molecule has 0 bridgehead atoms. The van der Waals surface area contributed by atoms with Crippen LogP contribution >= 0.6 is 0 Å². The van der Waals surface area contributed by atoms with Crippen LogP contribution in [0.25, 0.3) is 11.1 Å². The SMILES string of the molecule is CC(C)(C)[C@H](c1cccc(-c2ccccc2)c1)N1CCNCC1. The van der Waals surface area contributed by atoms with Crippen molar-refractivity contribution in [3.05, 3.63) is 60.2 Å². The van der Waals surface area contributed by atoms with Crippen LogP contribution < -0.4 is 5.32 Å². The van der Waals surface area contributed by atoms with Gasteiger partial charge in [0.1, 0.15) is 0 Å². The summed E-state index contributed by atoms with van der Waals surface area (Å²) in [7, 11) is 0. The topological polar surface area (TPSA) is 15.3 Å². The fourth-order valence-corrected chi connectivity index (χ4v) is 3.72. The van der Waals surface area contributed by atoms with Crippen molar-refractivity contribution in [2.24, 2.45) is 5.41 Å². The van der Waals surface area contributed by atoms with Crippen LogP contribution in [0.15, 0.2) is 54.6 Å². The van der Waals surface area contributed by atoms with E-state index in [4.69, 9.17) is 0 Å². The standard InChI is InChI=1S/C21H28N2/c1-21(2,3)20(23-14-12-22-13-15-23)19-11-7-10-18(16-19)17-8-5-4-6-9-17/h4-11,16,20,22H,12-15H2,1-3H3/t20-/m0/s1. The number of hydrogen-bond acceptors (Lipinski definition) is 2. The van der Waals surface area contributed by atoms with Crippen LogP contribution in [0.5, 0.6) is 0 Å². The second-order valence-electron chi connectivity index (χ2n) is 7.55. The third kappa shape index (κ3) is 3.82. The van der Waals surface area contributed by atoms with E-state index >= 15 is 0 Å². The van der Waals surface area contributed by atoms with E-state index in [0.717, 1.165) is 26.2 Å². The molecule has 0 aliphatic carbocycles. The highest BCUT2D eigenvalue weighted by Gasteiger charge is 2.32. The number of hydrogen-bond donors (Lipinski definition) is 1. The van der Waals surface area contributed by atoms with Gasteiger partial charge in [0.15, 0.2) is 0 Å². The smallest absolute Gasteiger partial charge is 0.0397 e. The van der Waals surface area contributed by atoms with Gasteiger partial charge in [-0.2, -0.15) is 0 Å². The van der Waals surface area contributed by atoms with Crippen molar-refractivity contribution in [1.82, 2.24) is 10.2 Å². The summed E-state index contributed by atoms with van der Waals surface area (Å²) < 4.78 is 0. The van der Waals surface area contributed by atoms with E-state index in [1.165, 1.54) is 16.7 Å². The van der Waals surface area contributed by atoms with Gasteiger partial charge in [-0.1, -0.05) is 69.3 Å². The van der Waals surface area contributed by atoms with E-state index in [1.54, 1.807) is 0 Å². The van der Waals surface area contributed by atoms with Crippen LogP contribution in [-0.4, -0.2) is 31.1 Å². The van der Waals surface area contributed by atoms with Crippen LogP contribution in [0.2, 0.25) is 0 Å². The molecule has 1 saturated heterocycles. The van der Waals surface area contributed by atoms with E-state index in [1.807, 2.05) is 0 Å². The zero-order chi connectivity index (χ0) is 16.3. The molecule has 3 rings (SSSR count). The molecule has 0 aromatic heterocycles. The Kier molecular flexibility index (Phi) is 4.84. The minimum Gasteiger partial charge on any atom is -0.314 e. The van der Waals surface area contributed by atoms with E-state index in [0.29, 0.717) is 6.04 Å². The lowest BCUT2D eigenvalue weighted by molar-refractivity contribution is 0.0863. The summed E-state index contributed by atoms with van der Waals surface area (Å²) in [6.07, 6.45) is 0. The lowest BCUT2D eigenvalue weighted by Crippen LogP contribution is -2.48. The first-order valence-electron chi connectivity index (χ1n) is 8.66. The first kappa shape index (κ1) is 16.2. The van der Waals surface area contributed by atoms with Crippen LogP contribution in [0.4, 0.5) is 0 Å². The summed E-state index contributed by atoms with van der Waals surface area (Å²) in [5, 5.41) is 3.47. The van der Waals surface area contributed by atoms with Crippen LogP contribution in [0.1, 0.15) is 32.4 Å². The molecule has 0 radical (unpaired) electrons. The van der Waals surface area contributed by atoms with Crippen molar-refractivity contribution < 1.29 is 0 Å². The normalized spacial score (nSPS) is 17.9. The molecule has 0 unspecified atom stereocenters. The van der Waals surface area contributed by atoms with Crippen molar-refractivity contribution in [2.75, 3.05) is 26.2 Å². The van der Waals surface area contributed by atoms with Gasteiger partial charge in [-0.25, -0.2) is 0 Å². The molecule has 1 aliphatic heterocycles. The van der Waals surface area contributed by atoms with Crippen molar-refractivity contribution >= 4 is 0 Å². The van der Waals surface area contributed by atoms with Gasteiger partial charge in [0, 0.05) is 32.2 Å². The van der Waals surface area contributed by atoms with Gasteiger partial charge in [-0.05, 0) is 28.2 Å². The monoisotopic (exact) mass is 308 g/mol. The lowest BCUT2D eigenvalue weighted by Gasteiger charge is -2.42. The summed E-state index contributed by atoms with van der Waals surface area (Å²) in [4.78, 5) is 2.64. The fraction of sp³-hybridized carbons (Fsp3) is 0.429. The average Bonchev–Trinajstić information content (AvgIpc) is 2.56. The van der Waals surface area contributed by atoms with Crippen molar-refractivity contribution in [3.63, 3.8) is 0 Å². The maximum Gasteiger partial charge on any atom is 0.0397 e. The van der Waals surface area contributed by atoms with Crippen molar-refractivity contribution in [1.29, 1.82) is 0 Å². The van der Waals surface area contributed by atoms with Gasteiger partial charge in [-0.3, -0.25) is 4.90 Å². The molecule has 1 fully saturated rings. The zero-order valence-electron chi connectivity index (χ0n) is 14.5. The molecule has 1 atom stereocenters. The van der Waals surface area contributed by atoms with Gasteiger partial charge >= 0.3 is 0 Å². The Bertz CT molecular complexity index is 622. The average molecular weight is 308 g/mol. The molecular formula is C21H28N2. The lowest BCUT2D eigenvalue weighted by atomic mass is 9.80. The summed E-state index contributed by atoms with van der Waals surface area (Å²) in [6.45, 7) is 11.5. The minimum absolute atomic E-state index is 0.215. The number of nitrogens with one attached hydrogen (secondary N) is 1. The number of nitrogens with zero attached hydrogens (tertiary/aromatic N) is 1. The molecule has 2 heteroatoms. The largest absolute Gasteiger partial charge is 0.314 e. The van der Waals surface area contributed by atoms with Crippen LogP contribution in [0, 0.1) is 5.41 Å². The predicted octanol–water partition coefficient (Wildman–Crippen LogP) is 4.35. The molecule has 1 aliphatic rings. The molecule has 0 spiro atoms. The maximum absolute atomic E-state index is 3.47. The predicted molar refractivity (Wildman–Crippen MR) is 98.5 cm³/mol. The Morgan fingerprint density at radius 3 is 2.17 bits per heavy atom. The molecule has 122 valence electrons. The third-order valence-electron chi connectivity index (χ3n) is 4.65. The van der Waals surface area contributed by atoms with E-state index in [-0.39, 0.29) is 5.41 Å².